The second-order valence-electron chi connectivity index (χ2n) is 5.96. The molecule has 0 spiro atoms. The quantitative estimate of drug-likeness (QED) is 0.493. The van der Waals surface area contributed by atoms with Crippen molar-refractivity contribution in [1.82, 2.24) is 9.80 Å². The van der Waals surface area contributed by atoms with Gasteiger partial charge in [0.15, 0.2) is 0 Å². The van der Waals surface area contributed by atoms with Gasteiger partial charge in [-0.2, -0.15) is 0 Å². The van der Waals surface area contributed by atoms with Crippen LogP contribution in [0.25, 0.3) is 0 Å². The summed E-state index contributed by atoms with van der Waals surface area (Å²) in [5.41, 5.74) is -0.0760. The molecule has 0 aromatic carbocycles. The van der Waals surface area contributed by atoms with Gasteiger partial charge in [-0.05, 0) is 28.2 Å². The summed E-state index contributed by atoms with van der Waals surface area (Å²) in [5, 5.41) is 0. The third-order valence-corrected chi connectivity index (χ3v) is 2.76. The molecule has 0 aliphatic heterocycles. The molecule has 0 aromatic rings. The van der Waals surface area contributed by atoms with E-state index in [9.17, 15) is 0 Å². The van der Waals surface area contributed by atoms with E-state index in [-0.39, 0.29) is 5.41 Å². The highest BCUT2D eigenvalue weighted by Crippen LogP contribution is 2.18. The number of hydrogen-bond donors (Lipinski definition) is 0. The maximum absolute atomic E-state index is 5.73. The summed E-state index contributed by atoms with van der Waals surface area (Å²) in [6, 6.07) is 0. The van der Waals surface area contributed by atoms with Gasteiger partial charge < -0.3 is 24.0 Å². The molecule has 0 radical (unpaired) electrons. The van der Waals surface area contributed by atoms with Crippen molar-refractivity contribution in [2.24, 2.45) is 5.41 Å². The molecule has 0 N–H and O–H groups in total. The zero-order valence-electron chi connectivity index (χ0n) is 13.6. The third-order valence-electron chi connectivity index (χ3n) is 2.76. The van der Waals surface area contributed by atoms with E-state index in [2.05, 4.69) is 16.7 Å². The lowest BCUT2D eigenvalue weighted by atomic mass is 9.94. The topological polar surface area (TPSA) is 34.2 Å². The maximum atomic E-state index is 5.73. The van der Waals surface area contributed by atoms with E-state index >= 15 is 0 Å². The number of rotatable bonds is 12. The van der Waals surface area contributed by atoms with Crippen LogP contribution in [0.5, 0.6) is 0 Å². The molecule has 5 heteroatoms. The molecule has 19 heavy (non-hydrogen) atoms. The summed E-state index contributed by atoms with van der Waals surface area (Å²) >= 11 is 0. The Kier molecular flexibility index (Phi) is 10.5. The molecule has 0 aliphatic rings. The minimum atomic E-state index is -0.0760. The summed E-state index contributed by atoms with van der Waals surface area (Å²) in [7, 11) is 9.90. The van der Waals surface area contributed by atoms with Gasteiger partial charge in [-0.25, -0.2) is 0 Å². The van der Waals surface area contributed by atoms with E-state index in [0.29, 0.717) is 19.8 Å². The van der Waals surface area contributed by atoms with E-state index in [1.54, 1.807) is 7.11 Å². The molecule has 0 fully saturated rings. The summed E-state index contributed by atoms with van der Waals surface area (Å²) in [6.45, 7) is 7.47. The van der Waals surface area contributed by atoms with Crippen LogP contribution in [0.3, 0.4) is 0 Å². The van der Waals surface area contributed by atoms with E-state index in [4.69, 9.17) is 14.2 Å². The van der Waals surface area contributed by atoms with Crippen molar-refractivity contribution in [3.05, 3.63) is 0 Å². The molecule has 0 unspecified atom stereocenters. The number of likely N-dealkylation sites (N-methyl/N-ethyl adjacent to an activating group) is 2. The predicted molar refractivity (Wildman–Crippen MR) is 78.7 cm³/mol. The smallest absolute Gasteiger partial charge is 0.0593 e. The van der Waals surface area contributed by atoms with Gasteiger partial charge in [0.25, 0.3) is 0 Å². The molecule has 116 valence electrons. The van der Waals surface area contributed by atoms with Gasteiger partial charge in [-0.1, -0.05) is 6.92 Å². The number of methoxy groups -OCH3 is 1. The average Bonchev–Trinajstić information content (AvgIpc) is 2.31. The van der Waals surface area contributed by atoms with Crippen LogP contribution < -0.4 is 0 Å². The fourth-order valence-electron chi connectivity index (χ4n) is 1.60. The largest absolute Gasteiger partial charge is 0.384 e. The molecule has 0 saturated heterocycles. The van der Waals surface area contributed by atoms with Crippen molar-refractivity contribution >= 4 is 0 Å². The first-order valence-corrected chi connectivity index (χ1v) is 6.83. The van der Waals surface area contributed by atoms with Gasteiger partial charge in [0.2, 0.25) is 0 Å². The highest BCUT2D eigenvalue weighted by molar-refractivity contribution is 4.73. The molecule has 0 atom stereocenters. The Labute approximate surface area is 118 Å². The number of ether oxygens (including phenoxy) is 3. The Morgan fingerprint density at radius 1 is 0.789 bits per heavy atom. The van der Waals surface area contributed by atoms with Crippen molar-refractivity contribution in [3.63, 3.8) is 0 Å². The van der Waals surface area contributed by atoms with Crippen molar-refractivity contribution in [3.8, 4) is 0 Å². The van der Waals surface area contributed by atoms with Crippen LogP contribution in [-0.4, -0.2) is 91.2 Å². The summed E-state index contributed by atoms with van der Waals surface area (Å²) < 4.78 is 16.7. The van der Waals surface area contributed by atoms with Crippen LogP contribution in [-0.2, 0) is 14.2 Å². The summed E-state index contributed by atoms with van der Waals surface area (Å²) in [4.78, 5) is 4.22. The Morgan fingerprint density at radius 3 is 1.53 bits per heavy atom. The van der Waals surface area contributed by atoms with Crippen LogP contribution in [0.2, 0.25) is 0 Å². The molecule has 0 saturated carbocycles. The molecule has 0 heterocycles. The van der Waals surface area contributed by atoms with E-state index < -0.39 is 0 Å². The Bertz CT molecular complexity index is 195. The monoisotopic (exact) mass is 276 g/mol. The first-order chi connectivity index (χ1) is 8.89. The fourth-order valence-corrected chi connectivity index (χ4v) is 1.60. The molecule has 0 amide bonds. The summed E-state index contributed by atoms with van der Waals surface area (Å²) in [6.07, 6.45) is 0. The van der Waals surface area contributed by atoms with Crippen LogP contribution >= 0.6 is 0 Å². The number of hydrogen-bond acceptors (Lipinski definition) is 5. The van der Waals surface area contributed by atoms with Crippen molar-refractivity contribution in [2.45, 2.75) is 6.92 Å². The van der Waals surface area contributed by atoms with Crippen LogP contribution in [0.1, 0.15) is 6.92 Å². The predicted octanol–water partition coefficient (Wildman–Crippen LogP) is 0.796. The van der Waals surface area contributed by atoms with Gasteiger partial charge in [-0.3, -0.25) is 0 Å². The van der Waals surface area contributed by atoms with Gasteiger partial charge in [0.05, 0.1) is 33.0 Å². The second-order valence-corrected chi connectivity index (χ2v) is 5.96. The maximum Gasteiger partial charge on any atom is 0.0593 e. The fraction of sp³-hybridized carbons (Fsp3) is 1.00. The lowest BCUT2D eigenvalue weighted by molar-refractivity contribution is -0.0532. The van der Waals surface area contributed by atoms with Crippen LogP contribution in [0.4, 0.5) is 0 Å². The van der Waals surface area contributed by atoms with Crippen LogP contribution in [0.15, 0.2) is 0 Å². The molecular weight excluding hydrogens is 244 g/mol. The van der Waals surface area contributed by atoms with Gasteiger partial charge in [0, 0.05) is 25.6 Å². The first-order valence-electron chi connectivity index (χ1n) is 6.83. The average molecular weight is 276 g/mol. The van der Waals surface area contributed by atoms with E-state index in [1.165, 1.54) is 0 Å². The van der Waals surface area contributed by atoms with Crippen molar-refractivity contribution in [1.29, 1.82) is 0 Å². The standard InChI is InChI=1S/C14H32N2O3/c1-14(11-17-6,12-18-9-7-15(2)3)13-19-10-8-16(4)5/h7-13H2,1-6H3. The number of nitrogens with zero attached hydrogens (tertiary/aromatic N) is 2. The van der Waals surface area contributed by atoms with Gasteiger partial charge in [0.1, 0.15) is 0 Å². The van der Waals surface area contributed by atoms with Crippen molar-refractivity contribution in [2.75, 3.05) is 81.4 Å². The minimum absolute atomic E-state index is 0.0760. The Hall–Kier alpha value is -0.200. The molecular formula is C14H32N2O3. The third kappa shape index (κ3) is 11.3. The lowest BCUT2D eigenvalue weighted by Crippen LogP contribution is -2.35. The molecule has 0 aliphatic carbocycles. The highest BCUT2D eigenvalue weighted by atomic mass is 16.5. The zero-order chi connectivity index (χ0) is 14.7. The van der Waals surface area contributed by atoms with E-state index in [1.807, 2.05) is 28.2 Å². The van der Waals surface area contributed by atoms with Crippen LogP contribution in [0, 0.1) is 5.41 Å². The normalized spacial score (nSPS) is 12.6. The molecule has 5 nitrogen and oxygen atoms in total. The second kappa shape index (κ2) is 10.6. The molecule has 0 bridgehead atoms. The van der Waals surface area contributed by atoms with Gasteiger partial charge in [-0.15, -0.1) is 0 Å². The highest BCUT2D eigenvalue weighted by Gasteiger charge is 2.25. The van der Waals surface area contributed by atoms with Gasteiger partial charge >= 0.3 is 0 Å². The SMILES string of the molecule is COCC(C)(COCCN(C)C)COCCN(C)C. The minimum Gasteiger partial charge on any atom is -0.384 e. The lowest BCUT2D eigenvalue weighted by Gasteiger charge is -2.28. The summed E-state index contributed by atoms with van der Waals surface area (Å²) in [5.74, 6) is 0. The molecule has 0 rings (SSSR count). The molecule has 0 aromatic heterocycles. The Balaban J connectivity index is 3.89. The van der Waals surface area contributed by atoms with E-state index in [0.717, 1.165) is 26.3 Å². The first kappa shape index (κ1) is 18.8. The Morgan fingerprint density at radius 2 is 1.21 bits per heavy atom. The van der Waals surface area contributed by atoms with Crippen molar-refractivity contribution < 1.29 is 14.2 Å². The zero-order valence-corrected chi connectivity index (χ0v) is 13.6.